The highest BCUT2D eigenvalue weighted by Gasteiger charge is 2.50. The standard InChI is InChI=1S/C39H44F4N12O6/c1-7-53-28(14-20(3)48-53)35(59)46-37-51(6)27-17-23(34(45)58)18-30(61-13-9-12-56)31(27)52(37)19-24(40)32(41)39(42,43)55-25-11-10-22(33(44)57)16-26(25)50(5)38(55)47-36(60)29-15-21(4)49-54(29)8-2/h10-11,14-18,24,32,56H,7-9,12-13,19H2,1-6H3,(H2,44,57)(H2,45,58). The third kappa shape index (κ3) is 8.09. The molecule has 0 saturated heterocycles. The van der Waals surface area contributed by atoms with Crippen LogP contribution in [0.5, 0.6) is 5.75 Å². The fraction of sp³-hybridized carbons (Fsp3) is 0.385. The van der Waals surface area contributed by atoms with Gasteiger partial charge < -0.3 is 35.0 Å². The van der Waals surface area contributed by atoms with Crippen LogP contribution in [0, 0.1) is 13.8 Å². The van der Waals surface area contributed by atoms with E-state index in [1.807, 2.05) is 0 Å². The van der Waals surface area contributed by atoms with E-state index in [1.165, 1.54) is 52.3 Å². The quantitative estimate of drug-likeness (QED) is 0.103. The first-order chi connectivity index (χ1) is 28.8. The number of nitrogens with zero attached hydrogens (tertiary/aromatic N) is 10. The minimum absolute atomic E-state index is 0.0376. The number of aliphatic hydroxyl groups is 1. The second-order valence-corrected chi connectivity index (χ2v) is 14.2. The molecule has 2 aromatic carbocycles. The molecular weight excluding hydrogens is 808 g/mol. The lowest BCUT2D eigenvalue weighted by Crippen LogP contribution is -2.47. The lowest BCUT2D eigenvalue weighted by atomic mass is 10.1. The number of aliphatic hydroxyl groups excluding tert-OH is 1. The first-order valence-corrected chi connectivity index (χ1v) is 19.1. The van der Waals surface area contributed by atoms with E-state index >= 15 is 17.6 Å². The van der Waals surface area contributed by atoms with Crippen LogP contribution in [-0.4, -0.2) is 92.1 Å². The van der Waals surface area contributed by atoms with Gasteiger partial charge in [0.2, 0.25) is 29.2 Å². The van der Waals surface area contributed by atoms with Crippen molar-refractivity contribution in [3.05, 3.63) is 87.6 Å². The summed E-state index contributed by atoms with van der Waals surface area (Å²) in [6.45, 7) is 5.54. The summed E-state index contributed by atoms with van der Waals surface area (Å²) < 4.78 is 79.3. The Labute approximate surface area is 343 Å². The van der Waals surface area contributed by atoms with E-state index in [9.17, 15) is 24.3 Å². The zero-order valence-corrected chi connectivity index (χ0v) is 34.1. The molecule has 0 bridgehead atoms. The van der Waals surface area contributed by atoms with Crippen LogP contribution in [0.25, 0.3) is 22.1 Å². The molecule has 4 aromatic heterocycles. The third-order valence-electron chi connectivity index (χ3n) is 9.98. The number of amides is 4. The van der Waals surface area contributed by atoms with Crippen LogP contribution in [0.2, 0.25) is 0 Å². The van der Waals surface area contributed by atoms with E-state index in [2.05, 4.69) is 20.2 Å². The fourth-order valence-electron chi connectivity index (χ4n) is 7.06. The Kier molecular flexibility index (Phi) is 12.2. The number of rotatable bonds is 15. The van der Waals surface area contributed by atoms with E-state index in [-0.39, 0.29) is 87.7 Å². The predicted octanol–water partition coefficient (Wildman–Crippen LogP) is 2.69. The maximum atomic E-state index is 17.0. The SMILES string of the molecule is CCn1nc(C)cc1C(=O)N=c1n(C)c2cc(C(N)=O)cc(OCCCO)c2n1CC(F)C(F)C(F)(F)n1c(=NC(=O)c2cc(C)nn2CC)n(C)c2cc(C(N)=O)ccc21. The molecule has 0 radical (unpaired) electrons. The summed E-state index contributed by atoms with van der Waals surface area (Å²) in [4.78, 5) is 60.0. The van der Waals surface area contributed by atoms with E-state index in [0.29, 0.717) is 11.4 Å². The minimum Gasteiger partial charge on any atom is -0.491 e. The number of benzene rings is 2. The zero-order chi connectivity index (χ0) is 44.7. The van der Waals surface area contributed by atoms with Gasteiger partial charge in [0.1, 0.15) is 22.7 Å². The highest BCUT2D eigenvalue weighted by molar-refractivity contribution is 5.99. The van der Waals surface area contributed by atoms with Crippen LogP contribution in [-0.2, 0) is 39.8 Å². The molecule has 5 N–H and O–H groups in total. The summed E-state index contributed by atoms with van der Waals surface area (Å²) in [6, 6.07) is 3.84. The van der Waals surface area contributed by atoms with Gasteiger partial charge in [-0.1, -0.05) is 0 Å². The number of aryl methyl sites for hydroxylation is 6. The first-order valence-electron chi connectivity index (χ1n) is 19.1. The third-order valence-corrected chi connectivity index (χ3v) is 9.98. The molecule has 22 heteroatoms. The van der Waals surface area contributed by atoms with Gasteiger partial charge in [-0.25, -0.2) is 13.3 Å². The van der Waals surface area contributed by atoms with Crippen LogP contribution in [0.1, 0.15) is 73.3 Å². The van der Waals surface area contributed by atoms with E-state index in [0.717, 1.165) is 27.3 Å². The second kappa shape index (κ2) is 17.0. The normalized spacial score (nSPS) is 13.7. The average molecular weight is 853 g/mol. The molecule has 4 heterocycles. The van der Waals surface area contributed by atoms with Gasteiger partial charge in [-0.05, 0) is 70.2 Å². The number of carbonyl (C=O) groups excluding carboxylic acids is 4. The van der Waals surface area contributed by atoms with Crippen molar-refractivity contribution < 1.29 is 46.6 Å². The Bertz CT molecular complexity index is 2860. The molecule has 0 aliphatic rings. The van der Waals surface area contributed by atoms with Gasteiger partial charge in [-0.3, -0.25) is 28.5 Å². The maximum absolute atomic E-state index is 17.0. The van der Waals surface area contributed by atoms with Crippen LogP contribution in [0.15, 0.2) is 52.4 Å². The lowest BCUT2D eigenvalue weighted by molar-refractivity contribution is -0.165. The molecule has 61 heavy (non-hydrogen) atoms. The number of halogens is 4. The van der Waals surface area contributed by atoms with Crippen molar-refractivity contribution in [2.24, 2.45) is 35.5 Å². The van der Waals surface area contributed by atoms with Crippen molar-refractivity contribution in [1.29, 1.82) is 0 Å². The first kappa shape index (κ1) is 43.7. The topological polar surface area (TPSA) is 230 Å². The van der Waals surface area contributed by atoms with Crippen LogP contribution >= 0.6 is 0 Å². The predicted molar refractivity (Wildman–Crippen MR) is 211 cm³/mol. The molecule has 6 rings (SSSR count). The summed E-state index contributed by atoms with van der Waals surface area (Å²) in [7, 11) is 2.64. The smallest absolute Gasteiger partial charge is 0.366 e. The van der Waals surface area contributed by atoms with E-state index in [1.54, 1.807) is 27.7 Å². The monoisotopic (exact) mass is 852 g/mol. The van der Waals surface area contributed by atoms with Crippen molar-refractivity contribution in [3.63, 3.8) is 0 Å². The maximum Gasteiger partial charge on any atom is 0.366 e. The molecule has 6 aromatic rings. The van der Waals surface area contributed by atoms with Gasteiger partial charge in [0.15, 0.2) is 6.17 Å². The highest BCUT2D eigenvalue weighted by atomic mass is 19.3. The fourth-order valence-corrected chi connectivity index (χ4v) is 7.06. The summed E-state index contributed by atoms with van der Waals surface area (Å²) >= 11 is 0. The summed E-state index contributed by atoms with van der Waals surface area (Å²) in [5.74, 6) is -3.83. The lowest BCUT2D eigenvalue weighted by Gasteiger charge is -2.25. The number of nitrogens with two attached hydrogens (primary N) is 2. The molecule has 4 amide bonds. The number of fused-ring (bicyclic) bond motifs is 2. The number of hydrogen-bond acceptors (Lipinski definition) is 8. The van der Waals surface area contributed by atoms with Gasteiger partial charge in [-0.15, -0.1) is 0 Å². The number of carbonyl (C=O) groups is 4. The molecule has 0 spiro atoms. The van der Waals surface area contributed by atoms with Gasteiger partial charge in [-0.2, -0.15) is 29.0 Å². The molecule has 2 unspecified atom stereocenters. The average Bonchev–Trinajstić information content (AvgIpc) is 3.95. The van der Waals surface area contributed by atoms with Gasteiger partial charge >= 0.3 is 6.05 Å². The van der Waals surface area contributed by atoms with Crippen molar-refractivity contribution in [3.8, 4) is 5.75 Å². The van der Waals surface area contributed by atoms with Gasteiger partial charge in [0.05, 0.1) is 41.1 Å². The molecule has 0 aliphatic carbocycles. The van der Waals surface area contributed by atoms with Gasteiger partial charge in [0, 0.05) is 51.3 Å². The van der Waals surface area contributed by atoms with Crippen LogP contribution in [0.4, 0.5) is 17.6 Å². The van der Waals surface area contributed by atoms with Crippen molar-refractivity contribution in [2.45, 2.75) is 72.1 Å². The summed E-state index contributed by atoms with van der Waals surface area (Å²) in [5.41, 5.74) is 10.1. The van der Waals surface area contributed by atoms with Crippen LogP contribution in [0.3, 0.4) is 0 Å². The summed E-state index contributed by atoms with van der Waals surface area (Å²) in [5, 5.41) is 17.9. The zero-order valence-electron chi connectivity index (χ0n) is 34.1. The molecule has 0 saturated carbocycles. The number of alkyl halides is 4. The Hall–Kier alpha value is -6.84. The van der Waals surface area contributed by atoms with E-state index < -0.39 is 59.7 Å². The summed E-state index contributed by atoms with van der Waals surface area (Å²) in [6.07, 6.45) is -6.68. The number of primary amides is 2. The van der Waals surface area contributed by atoms with Gasteiger partial charge in [0.25, 0.3) is 11.8 Å². The Morgan fingerprint density at radius 1 is 0.803 bits per heavy atom. The molecule has 0 fully saturated rings. The van der Waals surface area contributed by atoms with Crippen LogP contribution < -0.4 is 27.4 Å². The Morgan fingerprint density at radius 2 is 1.34 bits per heavy atom. The number of aromatic nitrogens is 8. The minimum atomic E-state index is -4.81. The van der Waals surface area contributed by atoms with Crippen molar-refractivity contribution in [1.82, 2.24) is 37.8 Å². The molecule has 324 valence electrons. The highest BCUT2D eigenvalue weighted by Crippen LogP contribution is 2.35. The molecule has 2 atom stereocenters. The Morgan fingerprint density at radius 3 is 1.89 bits per heavy atom. The van der Waals surface area contributed by atoms with Crippen molar-refractivity contribution >= 4 is 45.7 Å². The molecule has 0 aliphatic heterocycles. The molecule has 18 nitrogen and oxygen atoms in total. The van der Waals surface area contributed by atoms with E-state index in [4.69, 9.17) is 16.2 Å². The number of hydrogen-bond donors (Lipinski definition) is 3. The Balaban J connectivity index is 1.55. The van der Waals surface area contributed by atoms with Crippen molar-refractivity contribution in [2.75, 3.05) is 13.2 Å². The molecular formula is C39H44F4N12O6. The second-order valence-electron chi connectivity index (χ2n) is 14.2. The number of ether oxygens (including phenoxy) is 1. The number of imidazole rings is 2. The largest absolute Gasteiger partial charge is 0.491 e.